The van der Waals surface area contributed by atoms with Gasteiger partial charge in [-0.05, 0) is 238 Å². The number of rotatable bonds is 11. The van der Waals surface area contributed by atoms with Crippen molar-refractivity contribution in [2.24, 2.45) is 0 Å². The molecule has 14 heteroatoms. The van der Waals surface area contributed by atoms with Crippen LogP contribution in [0.3, 0.4) is 0 Å². The van der Waals surface area contributed by atoms with Gasteiger partial charge < -0.3 is 37.2 Å². The fraction of sp³-hybridized carbons (Fsp3) is 0.385. The maximum atomic E-state index is 6.34. The van der Waals surface area contributed by atoms with E-state index in [0.717, 1.165) is 45.6 Å². The zero-order chi connectivity index (χ0) is 65.7. The van der Waals surface area contributed by atoms with Crippen molar-refractivity contribution >= 4 is 71.0 Å². The van der Waals surface area contributed by atoms with Crippen molar-refractivity contribution in [1.29, 1.82) is 0 Å². The van der Waals surface area contributed by atoms with E-state index in [9.17, 15) is 0 Å². The van der Waals surface area contributed by atoms with Gasteiger partial charge in [-0.25, -0.2) is 0 Å². The molecule has 2 aliphatic carbocycles. The summed E-state index contributed by atoms with van der Waals surface area (Å²) in [7, 11) is -1.69. The molecule has 4 aliphatic heterocycles. The van der Waals surface area contributed by atoms with Gasteiger partial charge in [0.2, 0.25) is 0 Å². The summed E-state index contributed by atoms with van der Waals surface area (Å²) in [4.78, 5) is 0. The van der Waals surface area contributed by atoms with Crippen molar-refractivity contribution in [3.8, 4) is 22.3 Å². The van der Waals surface area contributed by atoms with Crippen molar-refractivity contribution in [2.45, 2.75) is 192 Å². The molecule has 8 aromatic rings. The predicted molar refractivity (Wildman–Crippen MR) is 385 cm³/mol. The van der Waals surface area contributed by atoms with Gasteiger partial charge in [-0.15, -0.1) is 0 Å². The normalized spacial score (nSPS) is 21.1. The summed E-state index contributed by atoms with van der Waals surface area (Å²) in [5, 5.41) is 0. The molecule has 0 aromatic heterocycles. The fourth-order valence-corrected chi connectivity index (χ4v) is 14.4. The van der Waals surface area contributed by atoms with E-state index < -0.39 is 14.0 Å². The summed E-state index contributed by atoms with van der Waals surface area (Å²) in [6.45, 7) is 33.0. The van der Waals surface area contributed by atoms with Crippen molar-refractivity contribution in [2.75, 3.05) is 0 Å². The highest BCUT2D eigenvalue weighted by atomic mass is 79.9. The summed E-state index contributed by atoms with van der Waals surface area (Å²) in [6.07, 6.45) is 3.71. The highest BCUT2D eigenvalue weighted by Crippen LogP contribution is 2.54. The average Bonchev–Trinajstić information content (AvgIpc) is 1.57. The van der Waals surface area contributed by atoms with E-state index in [-0.39, 0.29) is 69.9 Å². The minimum absolute atomic E-state index is 0.0746. The van der Waals surface area contributed by atoms with Crippen molar-refractivity contribution in [3.05, 3.63) is 248 Å². The molecule has 14 rings (SSSR count). The number of hydrogen-bond donors (Lipinski definition) is 0. The zero-order valence-electron chi connectivity index (χ0n) is 56.6. The van der Waals surface area contributed by atoms with E-state index in [1.54, 1.807) is 0 Å². The van der Waals surface area contributed by atoms with Crippen molar-refractivity contribution in [3.63, 3.8) is 0 Å². The van der Waals surface area contributed by atoms with Crippen LogP contribution in [0.5, 0.6) is 0 Å². The van der Waals surface area contributed by atoms with Crippen LogP contribution < -0.4 is 10.9 Å². The lowest BCUT2D eigenvalue weighted by atomic mass is 9.49. The molecule has 6 aliphatic rings. The molecule has 0 spiro atoms. The molecular formula is C78H88B4Br2O8. The van der Waals surface area contributed by atoms with Crippen LogP contribution in [0, 0.1) is 0 Å². The number of fused-ring (bicyclic) bond motifs is 6. The molecule has 0 N–H and O–H groups in total. The van der Waals surface area contributed by atoms with Gasteiger partial charge in [-0.3, -0.25) is 0 Å². The fourth-order valence-electron chi connectivity index (χ4n) is 13.9. The van der Waals surface area contributed by atoms with Crippen molar-refractivity contribution < 1.29 is 37.2 Å². The Labute approximate surface area is 566 Å². The summed E-state index contributed by atoms with van der Waals surface area (Å²) >= 11 is 7.16. The van der Waals surface area contributed by atoms with Gasteiger partial charge in [-0.1, -0.05) is 202 Å². The molecule has 8 nitrogen and oxygen atoms in total. The minimum atomic E-state index is -0.476. The Balaban J connectivity index is 0.000000148. The third-order valence-corrected chi connectivity index (χ3v) is 23.0. The predicted octanol–water partition coefficient (Wildman–Crippen LogP) is 17.2. The first-order valence-electron chi connectivity index (χ1n) is 32.7. The van der Waals surface area contributed by atoms with Crippen LogP contribution >= 0.6 is 31.9 Å². The average molecular weight is 1360 g/mol. The lowest BCUT2D eigenvalue weighted by Crippen LogP contribution is -2.41. The Kier molecular flexibility index (Phi) is 17.7. The van der Waals surface area contributed by atoms with E-state index in [1.807, 2.05) is 55.4 Å². The van der Waals surface area contributed by atoms with E-state index >= 15 is 0 Å². The Morgan fingerprint density at radius 1 is 0.250 bits per heavy atom. The van der Waals surface area contributed by atoms with Gasteiger partial charge in [0.1, 0.15) is 0 Å². The minimum Gasteiger partial charge on any atom is -0.405 e. The summed E-state index contributed by atoms with van der Waals surface area (Å²) in [5.74, 6) is 0. The molecule has 92 heavy (non-hydrogen) atoms. The van der Waals surface area contributed by atoms with Gasteiger partial charge in [0.05, 0.1) is 44.8 Å². The largest absolute Gasteiger partial charge is 0.494 e. The zero-order valence-corrected chi connectivity index (χ0v) is 59.8. The second-order valence-corrected chi connectivity index (χ2v) is 32.0. The molecule has 0 unspecified atom stereocenters. The van der Waals surface area contributed by atoms with Gasteiger partial charge >= 0.3 is 28.3 Å². The number of halogens is 2. The molecule has 4 heterocycles. The Hall–Kier alpha value is -5.34. The van der Waals surface area contributed by atoms with Crippen LogP contribution in [0.15, 0.2) is 203 Å². The number of benzene rings is 8. The first-order valence-corrected chi connectivity index (χ1v) is 34.3. The second kappa shape index (κ2) is 24.4. The Morgan fingerprint density at radius 3 is 0.674 bits per heavy atom. The SMILES string of the molecule is Brc1ccc(CC2(Cc3ccc(Br)cc3)c3ccccc3-c3ccccc32)cc1.CC1(C)OB(B2OC(C)(C)C(C)(C)O2)OC1(C)C.CC1(C)OB(c2ccc(CC3(Cc4ccc(B5OC(C)(C)C(C)(C)O5)cc4)c4ccccc4-c4ccccc43)cc2)OC1(C)C. The smallest absolute Gasteiger partial charge is 0.405 e. The van der Waals surface area contributed by atoms with Gasteiger partial charge in [0, 0.05) is 19.8 Å². The van der Waals surface area contributed by atoms with Crippen LogP contribution in [0.25, 0.3) is 22.3 Å². The van der Waals surface area contributed by atoms with Crippen LogP contribution in [0.2, 0.25) is 0 Å². The quantitative estimate of drug-likeness (QED) is 0.119. The van der Waals surface area contributed by atoms with E-state index in [0.29, 0.717) is 0 Å². The monoisotopic (exact) mass is 1350 g/mol. The third-order valence-electron chi connectivity index (χ3n) is 22.0. The molecule has 0 radical (unpaired) electrons. The van der Waals surface area contributed by atoms with Crippen LogP contribution in [-0.2, 0) is 73.7 Å². The molecule has 0 saturated carbocycles. The molecule has 474 valence electrons. The van der Waals surface area contributed by atoms with E-state index in [2.05, 4.69) is 281 Å². The molecule has 8 aromatic carbocycles. The van der Waals surface area contributed by atoms with Gasteiger partial charge in [0.25, 0.3) is 0 Å². The van der Waals surface area contributed by atoms with E-state index in [4.69, 9.17) is 37.2 Å². The molecule has 4 saturated heterocycles. The van der Waals surface area contributed by atoms with E-state index in [1.165, 1.54) is 66.8 Å². The van der Waals surface area contributed by atoms with Gasteiger partial charge in [0.15, 0.2) is 0 Å². The lowest BCUT2D eigenvalue weighted by molar-refractivity contribution is 0.00578. The third kappa shape index (κ3) is 12.4. The lowest BCUT2D eigenvalue weighted by Gasteiger charge is -2.33. The first-order chi connectivity index (χ1) is 43.2. The maximum Gasteiger partial charge on any atom is 0.494 e. The molecule has 4 fully saturated rings. The standard InChI is InChI=1S/C39H44B2O4.C27H20Br2.C12H24B2O4/c1-35(2)36(3,4)43-40(42-35)29-21-17-27(18-22-29)25-39(33-15-11-9-13-31(33)32-14-10-12-16-34(32)39)26-28-19-23-30(24-20-28)41-44-37(5,6)38(7,8)45-41;28-21-13-9-19(10-14-21)17-27(18-20-11-15-22(29)16-12-20)25-7-3-1-5-23(25)24-6-2-4-8-26(24)27;1-9(2)10(3,4)16-13(15-9)14-17-11(5,6)12(7,8)18-14/h9-24H,25-26H2,1-8H3;1-16H,17-18H2;1-8H3. The molecule has 0 atom stereocenters. The van der Waals surface area contributed by atoms with Crippen LogP contribution in [-0.4, -0.2) is 73.1 Å². The van der Waals surface area contributed by atoms with Crippen LogP contribution in [0.4, 0.5) is 0 Å². The topological polar surface area (TPSA) is 73.8 Å². The summed E-state index contributed by atoms with van der Waals surface area (Å²) < 4.78 is 51.5. The molecule has 0 amide bonds. The summed E-state index contributed by atoms with van der Waals surface area (Å²) in [5.41, 5.74) is 15.3. The Bertz CT molecular complexity index is 3650. The molecule has 0 bridgehead atoms. The van der Waals surface area contributed by atoms with Crippen LogP contribution in [0.1, 0.15) is 155 Å². The number of hydrogen-bond acceptors (Lipinski definition) is 8. The molecular weight excluding hydrogens is 1270 g/mol. The Morgan fingerprint density at radius 2 is 0.446 bits per heavy atom. The van der Waals surface area contributed by atoms with Crippen molar-refractivity contribution in [1.82, 2.24) is 0 Å². The highest BCUT2D eigenvalue weighted by Gasteiger charge is 2.64. The highest BCUT2D eigenvalue weighted by molar-refractivity contribution is 9.10. The van der Waals surface area contributed by atoms with Gasteiger partial charge in [-0.2, -0.15) is 0 Å². The second-order valence-electron chi connectivity index (χ2n) is 30.2. The summed E-state index contributed by atoms with van der Waals surface area (Å²) in [6, 6.07) is 71.1. The first kappa shape index (κ1) is 66.7. The maximum absolute atomic E-state index is 6.34.